The summed E-state index contributed by atoms with van der Waals surface area (Å²) in [6, 6.07) is 14.0. The normalized spacial score (nSPS) is 11.1. The lowest BCUT2D eigenvalue weighted by Gasteiger charge is -2.08. The molecule has 21 heavy (non-hydrogen) atoms. The van der Waals surface area contributed by atoms with Gasteiger partial charge in [-0.15, -0.1) is 0 Å². The van der Waals surface area contributed by atoms with Crippen LogP contribution in [0.1, 0.15) is 22.3 Å². The average Bonchev–Trinajstić information content (AvgIpc) is 2.43. The SMILES string of the molecule is Cc1ccccc1CS(=O)(=O)Cc1ccc(C#N)cc1Cl. The van der Waals surface area contributed by atoms with Crippen LogP contribution in [-0.4, -0.2) is 8.42 Å². The van der Waals surface area contributed by atoms with Gasteiger partial charge in [0, 0.05) is 5.02 Å². The lowest BCUT2D eigenvalue weighted by Crippen LogP contribution is -2.09. The summed E-state index contributed by atoms with van der Waals surface area (Å²) < 4.78 is 24.6. The Morgan fingerprint density at radius 3 is 2.38 bits per heavy atom. The Morgan fingerprint density at radius 2 is 1.76 bits per heavy atom. The Hall–Kier alpha value is -1.83. The van der Waals surface area contributed by atoms with Crippen LogP contribution in [0.5, 0.6) is 0 Å². The third-order valence-electron chi connectivity index (χ3n) is 3.19. The highest BCUT2D eigenvalue weighted by Gasteiger charge is 2.16. The van der Waals surface area contributed by atoms with Crippen molar-refractivity contribution in [2.45, 2.75) is 18.4 Å². The molecule has 0 spiro atoms. The standard InChI is InChI=1S/C16H14ClNO2S/c1-12-4-2-3-5-14(12)10-21(19,20)11-15-7-6-13(9-18)8-16(15)17/h2-8H,10-11H2,1H3. The number of rotatable bonds is 4. The highest BCUT2D eigenvalue weighted by Crippen LogP contribution is 2.22. The quantitative estimate of drug-likeness (QED) is 0.864. The fourth-order valence-corrected chi connectivity index (χ4v) is 3.98. The molecule has 108 valence electrons. The Balaban J connectivity index is 2.23. The van der Waals surface area contributed by atoms with Crippen molar-refractivity contribution in [1.82, 2.24) is 0 Å². The van der Waals surface area contributed by atoms with Gasteiger partial charge in [-0.1, -0.05) is 41.9 Å². The maximum Gasteiger partial charge on any atom is 0.158 e. The molecule has 2 aromatic rings. The largest absolute Gasteiger partial charge is 0.228 e. The molecule has 0 radical (unpaired) electrons. The van der Waals surface area contributed by atoms with Gasteiger partial charge in [-0.2, -0.15) is 5.26 Å². The summed E-state index contributed by atoms with van der Waals surface area (Å²) in [5, 5.41) is 9.09. The van der Waals surface area contributed by atoms with E-state index in [1.165, 1.54) is 6.07 Å². The van der Waals surface area contributed by atoms with Crippen molar-refractivity contribution in [3.8, 4) is 6.07 Å². The van der Waals surface area contributed by atoms with Crippen molar-refractivity contribution in [1.29, 1.82) is 5.26 Å². The van der Waals surface area contributed by atoms with E-state index in [-0.39, 0.29) is 11.5 Å². The molecule has 0 aliphatic carbocycles. The Kier molecular flexibility index (Phi) is 4.66. The van der Waals surface area contributed by atoms with E-state index in [1.807, 2.05) is 37.3 Å². The smallest absolute Gasteiger partial charge is 0.158 e. The van der Waals surface area contributed by atoms with Gasteiger partial charge in [0.1, 0.15) is 0 Å². The van der Waals surface area contributed by atoms with Gasteiger partial charge >= 0.3 is 0 Å². The lowest BCUT2D eigenvalue weighted by molar-refractivity contribution is 0.594. The zero-order chi connectivity index (χ0) is 15.5. The van der Waals surface area contributed by atoms with E-state index < -0.39 is 9.84 Å². The molecule has 3 nitrogen and oxygen atoms in total. The fraction of sp³-hybridized carbons (Fsp3) is 0.188. The molecular weight excluding hydrogens is 306 g/mol. The van der Waals surface area contributed by atoms with Crippen LogP contribution < -0.4 is 0 Å². The number of nitrogens with zero attached hydrogens (tertiary/aromatic N) is 1. The molecule has 0 aliphatic rings. The molecular formula is C16H14ClNO2S. The zero-order valence-corrected chi connectivity index (χ0v) is 13.1. The molecule has 0 fully saturated rings. The topological polar surface area (TPSA) is 57.9 Å². The van der Waals surface area contributed by atoms with E-state index >= 15 is 0 Å². The predicted octanol–water partition coefficient (Wildman–Crippen LogP) is 3.64. The van der Waals surface area contributed by atoms with Crippen molar-refractivity contribution in [2.24, 2.45) is 0 Å². The Bertz CT molecular complexity index is 807. The van der Waals surface area contributed by atoms with Crippen molar-refractivity contribution in [3.05, 3.63) is 69.7 Å². The molecule has 0 atom stereocenters. The summed E-state index contributed by atoms with van der Waals surface area (Å²) in [6.45, 7) is 1.89. The third kappa shape index (κ3) is 4.07. The molecule has 0 amide bonds. The zero-order valence-electron chi connectivity index (χ0n) is 11.5. The highest BCUT2D eigenvalue weighted by atomic mass is 35.5. The Labute approximate surface area is 129 Å². The number of hydrogen-bond donors (Lipinski definition) is 0. The molecule has 0 unspecified atom stereocenters. The van der Waals surface area contributed by atoms with Gasteiger partial charge in [0.15, 0.2) is 9.84 Å². The minimum atomic E-state index is -3.32. The first-order valence-electron chi connectivity index (χ1n) is 6.35. The molecule has 0 bridgehead atoms. The number of aryl methyl sites for hydroxylation is 1. The van der Waals surface area contributed by atoms with Crippen LogP contribution in [-0.2, 0) is 21.3 Å². The van der Waals surface area contributed by atoms with E-state index in [2.05, 4.69) is 0 Å². The summed E-state index contributed by atoms with van der Waals surface area (Å²) in [5.74, 6) is -0.151. The van der Waals surface area contributed by atoms with Crippen molar-refractivity contribution < 1.29 is 8.42 Å². The Morgan fingerprint density at radius 1 is 1.10 bits per heavy atom. The molecule has 2 rings (SSSR count). The van der Waals surface area contributed by atoms with E-state index in [9.17, 15) is 8.42 Å². The van der Waals surface area contributed by atoms with Crippen LogP contribution in [0.2, 0.25) is 5.02 Å². The van der Waals surface area contributed by atoms with Gasteiger partial charge in [-0.3, -0.25) is 0 Å². The molecule has 2 aromatic carbocycles. The number of sulfone groups is 1. The van der Waals surface area contributed by atoms with Gasteiger partial charge in [0.05, 0.1) is 23.1 Å². The molecule has 0 saturated carbocycles. The monoisotopic (exact) mass is 319 g/mol. The van der Waals surface area contributed by atoms with E-state index in [0.29, 0.717) is 16.1 Å². The molecule has 0 N–H and O–H groups in total. The average molecular weight is 320 g/mol. The first-order chi connectivity index (χ1) is 9.91. The number of benzene rings is 2. The number of nitriles is 1. The second-order valence-corrected chi connectivity index (χ2v) is 7.35. The van der Waals surface area contributed by atoms with Gasteiger partial charge in [0.2, 0.25) is 0 Å². The van der Waals surface area contributed by atoms with Crippen LogP contribution in [0.4, 0.5) is 0 Å². The lowest BCUT2D eigenvalue weighted by atomic mass is 10.1. The van der Waals surface area contributed by atoms with Crippen molar-refractivity contribution in [3.63, 3.8) is 0 Å². The maximum atomic E-state index is 12.3. The molecule has 0 heterocycles. The van der Waals surface area contributed by atoms with Crippen LogP contribution in [0, 0.1) is 18.3 Å². The minimum absolute atomic E-state index is 0.0179. The summed E-state index contributed by atoms with van der Waals surface area (Å²) >= 11 is 6.03. The van der Waals surface area contributed by atoms with E-state index in [4.69, 9.17) is 16.9 Å². The van der Waals surface area contributed by atoms with Crippen LogP contribution in [0.3, 0.4) is 0 Å². The summed E-state index contributed by atoms with van der Waals surface area (Å²) in [5.41, 5.74) is 2.68. The third-order valence-corrected chi connectivity index (χ3v) is 5.05. The van der Waals surface area contributed by atoms with Crippen LogP contribution in [0.25, 0.3) is 0 Å². The van der Waals surface area contributed by atoms with Crippen molar-refractivity contribution in [2.75, 3.05) is 0 Å². The summed E-state index contributed by atoms with van der Waals surface area (Å²) in [4.78, 5) is 0. The maximum absolute atomic E-state index is 12.3. The van der Waals surface area contributed by atoms with Gasteiger partial charge in [-0.05, 0) is 35.7 Å². The second kappa shape index (κ2) is 6.30. The first kappa shape index (κ1) is 15.6. The van der Waals surface area contributed by atoms with Crippen LogP contribution >= 0.6 is 11.6 Å². The van der Waals surface area contributed by atoms with Gasteiger partial charge in [0.25, 0.3) is 0 Å². The van der Waals surface area contributed by atoms with Gasteiger partial charge in [-0.25, -0.2) is 8.42 Å². The van der Waals surface area contributed by atoms with Crippen molar-refractivity contribution >= 4 is 21.4 Å². The molecule has 0 aliphatic heterocycles. The second-order valence-electron chi connectivity index (χ2n) is 4.88. The molecule has 5 heteroatoms. The summed E-state index contributed by atoms with van der Waals surface area (Å²) in [7, 11) is -3.32. The highest BCUT2D eigenvalue weighted by molar-refractivity contribution is 7.89. The molecule has 0 saturated heterocycles. The number of halogens is 1. The van der Waals surface area contributed by atoms with Gasteiger partial charge < -0.3 is 0 Å². The minimum Gasteiger partial charge on any atom is -0.228 e. The molecule has 0 aromatic heterocycles. The van der Waals surface area contributed by atoms with Crippen LogP contribution in [0.15, 0.2) is 42.5 Å². The predicted molar refractivity (Wildman–Crippen MR) is 83.7 cm³/mol. The fourth-order valence-electron chi connectivity index (χ4n) is 2.03. The summed E-state index contributed by atoms with van der Waals surface area (Å²) in [6.07, 6.45) is 0. The first-order valence-corrected chi connectivity index (χ1v) is 8.55. The number of hydrogen-bond acceptors (Lipinski definition) is 3. The van der Waals surface area contributed by atoms with E-state index in [1.54, 1.807) is 12.1 Å². The van der Waals surface area contributed by atoms with E-state index in [0.717, 1.165) is 11.1 Å².